The van der Waals surface area contributed by atoms with Gasteiger partial charge < -0.3 is 28.4 Å². The van der Waals surface area contributed by atoms with Crippen LogP contribution in [0.5, 0.6) is 0 Å². The summed E-state index contributed by atoms with van der Waals surface area (Å²) in [5.74, 6) is 0. The van der Waals surface area contributed by atoms with Gasteiger partial charge in [0.25, 0.3) is 0 Å². The molecule has 0 fully saturated rings. The van der Waals surface area contributed by atoms with E-state index in [9.17, 15) is 14.4 Å². The standard InChI is InChI=1S/C12H20O9/c1-5-12(6-19-9(13)16-2,7-20-10(14)17-3)8-21-11(15)18-4/h5-8H2,1-4H3. The van der Waals surface area contributed by atoms with Gasteiger partial charge >= 0.3 is 18.5 Å². The van der Waals surface area contributed by atoms with Crippen LogP contribution in [0.25, 0.3) is 0 Å². The predicted octanol–water partition coefficient (Wildman–Crippen LogP) is 1.73. The van der Waals surface area contributed by atoms with Crippen LogP contribution in [0.2, 0.25) is 0 Å². The maximum Gasteiger partial charge on any atom is 0.508 e. The zero-order valence-electron chi connectivity index (χ0n) is 12.5. The van der Waals surface area contributed by atoms with Crippen molar-refractivity contribution in [2.75, 3.05) is 41.2 Å². The summed E-state index contributed by atoms with van der Waals surface area (Å²) in [4.78, 5) is 33.2. The van der Waals surface area contributed by atoms with Gasteiger partial charge in [-0.25, -0.2) is 14.4 Å². The van der Waals surface area contributed by atoms with Crippen LogP contribution in [0.1, 0.15) is 13.3 Å². The molecule has 0 rings (SSSR count). The van der Waals surface area contributed by atoms with Crippen molar-refractivity contribution in [3.8, 4) is 0 Å². The normalized spacial score (nSPS) is 10.3. The second kappa shape index (κ2) is 9.67. The molecular weight excluding hydrogens is 288 g/mol. The van der Waals surface area contributed by atoms with Crippen LogP contribution in [0.4, 0.5) is 14.4 Å². The van der Waals surface area contributed by atoms with Crippen molar-refractivity contribution in [2.24, 2.45) is 5.41 Å². The van der Waals surface area contributed by atoms with E-state index < -0.39 is 23.9 Å². The lowest BCUT2D eigenvalue weighted by Crippen LogP contribution is -2.39. The van der Waals surface area contributed by atoms with Gasteiger partial charge in [0.2, 0.25) is 0 Å². The van der Waals surface area contributed by atoms with E-state index in [0.29, 0.717) is 6.42 Å². The fraction of sp³-hybridized carbons (Fsp3) is 0.750. The molecule has 0 saturated carbocycles. The predicted molar refractivity (Wildman–Crippen MR) is 67.8 cm³/mol. The van der Waals surface area contributed by atoms with Crippen molar-refractivity contribution >= 4 is 18.5 Å². The van der Waals surface area contributed by atoms with Gasteiger partial charge in [0.05, 0.1) is 26.7 Å². The quantitative estimate of drug-likeness (QED) is 0.513. The van der Waals surface area contributed by atoms with E-state index in [2.05, 4.69) is 14.2 Å². The van der Waals surface area contributed by atoms with Crippen LogP contribution in [-0.4, -0.2) is 59.6 Å². The van der Waals surface area contributed by atoms with Crippen molar-refractivity contribution < 1.29 is 42.8 Å². The molecule has 9 nitrogen and oxygen atoms in total. The summed E-state index contributed by atoms with van der Waals surface area (Å²) in [6, 6.07) is 0. The number of ether oxygens (including phenoxy) is 6. The highest BCUT2D eigenvalue weighted by Crippen LogP contribution is 2.24. The minimum Gasteiger partial charge on any atom is -0.438 e. The van der Waals surface area contributed by atoms with Gasteiger partial charge in [-0.15, -0.1) is 0 Å². The summed E-state index contributed by atoms with van der Waals surface area (Å²) in [5.41, 5.74) is -0.934. The number of carbonyl (C=O) groups excluding carboxylic acids is 3. The van der Waals surface area contributed by atoms with Crippen molar-refractivity contribution in [1.29, 1.82) is 0 Å². The molecule has 0 aromatic heterocycles. The van der Waals surface area contributed by atoms with Gasteiger partial charge in [-0.2, -0.15) is 0 Å². The van der Waals surface area contributed by atoms with E-state index in [1.807, 2.05) is 0 Å². The Morgan fingerprint density at radius 3 is 1.19 bits per heavy atom. The fourth-order valence-corrected chi connectivity index (χ4v) is 1.24. The summed E-state index contributed by atoms with van der Waals surface area (Å²) in [5, 5.41) is 0. The largest absolute Gasteiger partial charge is 0.508 e. The average molecular weight is 308 g/mol. The molecule has 0 bridgehead atoms. The second-order valence-corrected chi connectivity index (χ2v) is 4.08. The number of methoxy groups -OCH3 is 3. The molecule has 0 spiro atoms. The van der Waals surface area contributed by atoms with E-state index >= 15 is 0 Å². The molecule has 0 unspecified atom stereocenters. The Kier molecular flexibility index (Phi) is 8.66. The van der Waals surface area contributed by atoms with Gasteiger partial charge in [-0.1, -0.05) is 6.92 Å². The van der Waals surface area contributed by atoms with Gasteiger partial charge in [-0.05, 0) is 6.42 Å². The lowest BCUT2D eigenvalue weighted by Gasteiger charge is -2.30. The third-order valence-electron chi connectivity index (χ3n) is 2.74. The second-order valence-electron chi connectivity index (χ2n) is 4.08. The molecule has 0 aliphatic rings. The monoisotopic (exact) mass is 308 g/mol. The Labute approximate surface area is 122 Å². The lowest BCUT2D eigenvalue weighted by atomic mass is 9.88. The molecular formula is C12H20O9. The first-order valence-corrected chi connectivity index (χ1v) is 6.05. The first-order valence-electron chi connectivity index (χ1n) is 6.05. The molecule has 9 heteroatoms. The summed E-state index contributed by atoms with van der Waals surface area (Å²) < 4.78 is 27.6. The van der Waals surface area contributed by atoms with Crippen LogP contribution in [0.15, 0.2) is 0 Å². The first-order chi connectivity index (χ1) is 9.92. The van der Waals surface area contributed by atoms with Crippen LogP contribution in [0, 0.1) is 5.41 Å². The molecule has 0 heterocycles. The third kappa shape index (κ3) is 7.23. The van der Waals surface area contributed by atoms with Crippen LogP contribution < -0.4 is 0 Å². The van der Waals surface area contributed by atoms with Crippen molar-refractivity contribution in [3.63, 3.8) is 0 Å². The Hall–Kier alpha value is -2.19. The topological polar surface area (TPSA) is 107 Å². The molecule has 0 atom stereocenters. The third-order valence-corrected chi connectivity index (χ3v) is 2.74. The molecule has 0 aromatic rings. The zero-order chi connectivity index (χ0) is 16.3. The number of rotatable bonds is 7. The molecule has 0 radical (unpaired) electrons. The maximum absolute atomic E-state index is 11.1. The summed E-state index contributed by atoms with van der Waals surface area (Å²) in [6.07, 6.45) is -2.31. The highest BCUT2D eigenvalue weighted by Gasteiger charge is 2.34. The molecule has 0 aliphatic heterocycles. The fourth-order valence-electron chi connectivity index (χ4n) is 1.24. The zero-order valence-corrected chi connectivity index (χ0v) is 12.5. The Bertz CT molecular complexity index is 302. The molecule has 0 aromatic carbocycles. The summed E-state index contributed by atoms with van der Waals surface area (Å²) in [6.45, 7) is 1.22. The van der Waals surface area contributed by atoms with E-state index in [-0.39, 0.29) is 19.8 Å². The van der Waals surface area contributed by atoms with Crippen LogP contribution in [0.3, 0.4) is 0 Å². The van der Waals surface area contributed by atoms with E-state index in [1.54, 1.807) is 6.92 Å². The molecule has 0 N–H and O–H groups in total. The Morgan fingerprint density at radius 1 is 0.714 bits per heavy atom. The van der Waals surface area contributed by atoms with Gasteiger partial charge in [-0.3, -0.25) is 0 Å². The molecule has 122 valence electrons. The number of hydrogen-bond donors (Lipinski definition) is 0. The summed E-state index contributed by atoms with van der Waals surface area (Å²) in [7, 11) is 3.48. The SMILES string of the molecule is CCC(COC(=O)OC)(COC(=O)OC)COC(=O)OC. The van der Waals surface area contributed by atoms with E-state index in [4.69, 9.17) is 14.2 Å². The van der Waals surface area contributed by atoms with Crippen LogP contribution >= 0.6 is 0 Å². The van der Waals surface area contributed by atoms with Crippen molar-refractivity contribution in [1.82, 2.24) is 0 Å². The average Bonchev–Trinajstić information content (AvgIpc) is 2.53. The van der Waals surface area contributed by atoms with Gasteiger partial charge in [0, 0.05) is 0 Å². The molecule has 0 saturated heterocycles. The van der Waals surface area contributed by atoms with Crippen molar-refractivity contribution in [3.05, 3.63) is 0 Å². The van der Waals surface area contributed by atoms with E-state index in [0.717, 1.165) is 21.3 Å². The highest BCUT2D eigenvalue weighted by molar-refractivity contribution is 5.60. The minimum atomic E-state index is -0.934. The maximum atomic E-state index is 11.1. The minimum absolute atomic E-state index is 0.176. The lowest BCUT2D eigenvalue weighted by molar-refractivity contribution is -0.0492. The Balaban J connectivity index is 4.76. The molecule has 21 heavy (non-hydrogen) atoms. The van der Waals surface area contributed by atoms with E-state index in [1.165, 1.54) is 0 Å². The Morgan fingerprint density at radius 2 is 1.00 bits per heavy atom. The first kappa shape index (κ1) is 18.8. The van der Waals surface area contributed by atoms with Gasteiger partial charge in [0.15, 0.2) is 0 Å². The van der Waals surface area contributed by atoms with Gasteiger partial charge in [0.1, 0.15) is 19.8 Å². The molecule has 0 aliphatic carbocycles. The highest BCUT2D eigenvalue weighted by atomic mass is 16.7. The van der Waals surface area contributed by atoms with Crippen LogP contribution in [-0.2, 0) is 28.4 Å². The molecule has 0 amide bonds. The summed E-state index contributed by atoms with van der Waals surface area (Å²) >= 11 is 0. The number of carbonyl (C=O) groups is 3. The van der Waals surface area contributed by atoms with Crippen molar-refractivity contribution in [2.45, 2.75) is 13.3 Å². The smallest absolute Gasteiger partial charge is 0.438 e. The number of hydrogen-bond acceptors (Lipinski definition) is 9.